The number of benzene rings is 4. The van der Waals surface area contributed by atoms with E-state index >= 15 is 0 Å². The first-order valence-corrected chi connectivity index (χ1v) is 11.9. The Labute approximate surface area is 194 Å². The number of hydrogen-bond donors (Lipinski definition) is 1. The highest BCUT2D eigenvalue weighted by molar-refractivity contribution is 7.17. The predicted molar refractivity (Wildman–Crippen MR) is 141 cm³/mol. The molecular weight excluding hydrogens is 406 g/mol. The Balaban J connectivity index is 1.69. The zero-order valence-electron chi connectivity index (χ0n) is 18.7. The summed E-state index contributed by atoms with van der Waals surface area (Å²) in [7, 11) is 0. The minimum Gasteiger partial charge on any atom is -0.353 e. The van der Waals surface area contributed by atoms with Crippen LogP contribution in [0.5, 0.6) is 0 Å². The van der Waals surface area contributed by atoms with Crippen molar-refractivity contribution < 1.29 is 0 Å². The Morgan fingerprint density at radius 3 is 1.81 bits per heavy atom. The van der Waals surface area contributed by atoms with Gasteiger partial charge in [-0.15, -0.1) is 11.3 Å². The number of para-hydroxylation sites is 1. The van der Waals surface area contributed by atoms with Crippen molar-refractivity contribution in [2.45, 2.75) is 26.2 Å². The topological polar surface area (TPSA) is 12.0 Å². The number of rotatable bonds is 4. The summed E-state index contributed by atoms with van der Waals surface area (Å²) >= 11 is 1.79. The zero-order chi connectivity index (χ0) is 22.1. The van der Waals surface area contributed by atoms with Crippen LogP contribution in [0.1, 0.15) is 26.3 Å². The molecule has 0 atom stereocenters. The van der Waals surface area contributed by atoms with Crippen molar-refractivity contribution in [3.8, 4) is 22.3 Å². The molecule has 0 radical (unpaired) electrons. The van der Waals surface area contributed by atoms with Gasteiger partial charge in [-0.25, -0.2) is 0 Å². The Morgan fingerprint density at radius 1 is 0.656 bits per heavy atom. The highest BCUT2D eigenvalue weighted by atomic mass is 32.1. The Morgan fingerprint density at radius 2 is 1.25 bits per heavy atom. The highest BCUT2D eigenvalue weighted by Gasteiger charge is 2.17. The molecule has 2 heteroatoms. The van der Waals surface area contributed by atoms with Crippen LogP contribution in [-0.4, -0.2) is 0 Å². The van der Waals surface area contributed by atoms with Gasteiger partial charge in [-0.05, 0) is 34.2 Å². The van der Waals surface area contributed by atoms with Crippen LogP contribution >= 0.6 is 11.3 Å². The maximum Gasteiger partial charge on any atom is 0.0573 e. The van der Waals surface area contributed by atoms with Crippen LogP contribution in [-0.2, 0) is 5.41 Å². The highest BCUT2D eigenvalue weighted by Crippen LogP contribution is 2.42. The van der Waals surface area contributed by atoms with Gasteiger partial charge in [0.25, 0.3) is 0 Å². The number of nitrogens with one attached hydrogen (secondary N) is 1. The molecule has 0 aliphatic carbocycles. The first-order valence-electron chi connectivity index (χ1n) is 11.0. The van der Waals surface area contributed by atoms with E-state index in [0.717, 1.165) is 11.4 Å². The quantitative estimate of drug-likeness (QED) is 0.298. The number of fused-ring (bicyclic) bond motifs is 1. The van der Waals surface area contributed by atoms with Crippen LogP contribution in [0.25, 0.3) is 32.3 Å². The van der Waals surface area contributed by atoms with Gasteiger partial charge in [-0.1, -0.05) is 106 Å². The smallest absolute Gasteiger partial charge is 0.0573 e. The van der Waals surface area contributed by atoms with E-state index in [1.165, 1.54) is 37.9 Å². The molecule has 32 heavy (non-hydrogen) atoms. The molecule has 0 bridgehead atoms. The molecule has 0 aliphatic rings. The Hall–Kier alpha value is -3.36. The van der Waals surface area contributed by atoms with Gasteiger partial charge in [0.2, 0.25) is 0 Å². The molecule has 0 unspecified atom stereocenters. The van der Waals surface area contributed by atoms with Gasteiger partial charge < -0.3 is 5.32 Å². The molecule has 0 amide bonds. The average Bonchev–Trinajstić information content (AvgIpc) is 3.22. The molecule has 158 valence electrons. The molecule has 0 aliphatic heterocycles. The fourth-order valence-electron chi connectivity index (χ4n) is 4.13. The van der Waals surface area contributed by atoms with Gasteiger partial charge in [0.1, 0.15) is 0 Å². The van der Waals surface area contributed by atoms with Crippen LogP contribution in [0.4, 0.5) is 11.4 Å². The number of hydrogen-bond acceptors (Lipinski definition) is 2. The van der Waals surface area contributed by atoms with Gasteiger partial charge >= 0.3 is 0 Å². The van der Waals surface area contributed by atoms with Crippen molar-refractivity contribution >= 4 is 32.8 Å². The van der Waals surface area contributed by atoms with E-state index in [2.05, 4.69) is 129 Å². The van der Waals surface area contributed by atoms with Crippen molar-refractivity contribution in [3.05, 3.63) is 108 Å². The lowest BCUT2D eigenvalue weighted by Crippen LogP contribution is -2.10. The fraction of sp³-hybridized carbons (Fsp3) is 0.133. The summed E-state index contributed by atoms with van der Waals surface area (Å²) in [5.74, 6) is 0. The standard InChI is InChI=1S/C30H27NS/c1-30(2,3)23-17-18-28-26(19-23)27(20-32-28)31-29-24(21-11-6-4-7-12-21)15-10-16-25(29)22-13-8-5-9-14-22/h4-20,31H,1-3H3. The molecule has 0 saturated carbocycles. The molecule has 0 fully saturated rings. The largest absolute Gasteiger partial charge is 0.353 e. The lowest BCUT2D eigenvalue weighted by atomic mass is 9.86. The first kappa shape index (κ1) is 20.5. The number of anilines is 2. The summed E-state index contributed by atoms with van der Waals surface area (Å²) in [5.41, 5.74) is 8.61. The second-order valence-electron chi connectivity index (χ2n) is 9.20. The van der Waals surface area contributed by atoms with Crippen LogP contribution in [0, 0.1) is 0 Å². The summed E-state index contributed by atoms with van der Waals surface area (Å²) < 4.78 is 1.30. The van der Waals surface area contributed by atoms with Gasteiger partial charge in [-0.3, -0.25) is 0 Å². The maximum absolute atomic E-state index is 3.85. The van der Waals surface area contributed by atoms with Crippen molar-refractivity contribution in [1.29, 1.82) is 0 Å². The molecular formula is C30H27NS. The summed E-state index contributed by atoms with van der Waals surface area (Å²) in [6, 6.07) is 34.7. The average molecular weight is 434 g/mol. The second kappa shape index (κ2) is 8.29. The monoisotopic (exact) mass is 433 g/mol. The lowest BCUT2D eigenvalue weighted by Gasteiger charge is -2.20. The lowest BCUT2D eigenvalue weighted by molar-refractivity contribution is 0.591. The van der Waals surface area contributed by atoms with Gasteiger partial charge in [-0.2, -0.15) is 0 Å². The van der Waals surface area contributed by atoms with Gasteiger partial charge in [0.05, 0.1) is 11.4 Å². The van der Waals surface area contributed by atoms with Crippen LogP contribution in [0.15, 0.2) is 102 Å². The first-order chi connectivity index (χ1) is 15.5. The third-order valence-electron chi connectivity index (χ3n) is 5.93. The van der Waals surface area contributed by atoms with E-state index in [0.29, 0.717) is 0 Å². The zero-order valence-corrected chi connectivity index (χ0v) is 19.5. The van der Waals surface area contributed by atoms with E-state index in [9.17, 15) is 0 Å². The summed E-state index contributed by atoms with van der Waals surface area (Å²) in [6.07, 6.45) is 0. The van der Waals surface area contributed by atoms with Crippen LogP contribution < -0.4 is 5.32 Å². The van der Waals surface area contributed by atoms with E-state index in [-0.39, 0.29) is 5.41 Å². The van der Waals surface area contributed by atoms with Crippen LogP contribution in [0.2, 0.25) is 0 Å². The van der Waals surface area contributed by atoms with Gasteiger partial charge in [0.15, 0.2) is 0 Å². The van der Waals surface area contributed by atoms with Crippen molar-refractivity contribution in [2.24, 2.45) is 0 Å². The van der Waals surface area contributed by atoms with E-state index < -0.39 is 0 Å². The van der Waals surface area contributed by atoms with Gasteiger partial charge in [0, 0.05) is 26.6 Å². The normalized spacial score (nSPS) is 11.6. The maximum atomic E-state index is 3.85. The minimum absolute atomic E-state index is 0.116. The predicted octanol–water partition coefficient (Wildman–Crippen LogP) is 9.28. The number of thiophene rings is 1. The summed E-state index contributed by atoms with van der Waals surface area (Å²) in [6.45, 7) is 6.81. The molecule has 1 aromatic heterocycles. The minimum atomic E-state index is 0.116. The molecule has 1 nitrogen and oxygen atoms in total. The Bertz CT molecular complexity index is 1300. The molecule has 0 saturated heterocycles. The summed E-state index contributed by atoms with van der Waals surface area (Å²) in [4.78, 5) is 0. The second-order valence-corrected chi connectivity index (χ2v) is 10.1. The van der Waals surface area contributed by atoms with E-state index in [1.54, 1.807) is 11.3 Å². The van der Waals surface area contributed by atoms with E-state index in [1.807, 2.05) is 0 Å². The fourth-order valence-corrected chi connectivity index (χ4v) is 5.00. The molecule has 0 spiro atoms. The van der Waals surface area contributed by atoms with Crippen molar-refractivity contribution in [2.75, 3.05) is 5.32 Å². The van der Waals surface area contributed by atoms with Crippen molar-refractivity contribution in [3.63, 3.8) is 0 Å². The third-order valence-corrected chi connectivity index (χ3v) is 6.90. The van der Waals surface area contributed by atoms with E-state index in [4.69, 9.17) is 0 Å². The molecule has 5 rings (SSSR count). The molecule has 5 aromatic rings. The molecule has 4 aromatic carbocycles. The summed E-state index contributed by atoms with van der Waals surface area (Å²) in [5, 5.41) is 7.38. The van der Waals surface area contributed by atoms with Crippen LogP contribution in [0.3, 0.4) is 0 Å². The molecule has 1 heterocycles. The molecule has 1 N–H and O–H groups in total. The third kappa shape index (κ3) is 3.94. The Kier molecular flexibility index (Phi) is 5.32. The SMILES string of the molecule is CC(C)(C)c1ccc2scc(Nc3c(-c4ccccc4)cccc3-c3ccccc3)c2c1. The van der Waals surface area contributed by atoms with Crippen molar-refractivity contribution in [1.82, 2.24) is 0 Å².